The van der Waals surface area contributed by atoms with E-state index in [4.69, 9.17) is 0 Å². The van der Waals surface area contributed by atoms with Gasteiger partial charge in [0, 0.05) is 18.3 Å². The van der Waals surface area contributed by atoms with Crippen LogP contribution < -0.4 is 5.32 Å². The Hall–Kier alpha value is -2.69. The highest BCUT2D eigenvalue weighted by Gasteiger charge is 2.12. The zero-order valence-electron chi connectivity index (χ0n) is 16.5. The first kappa shape index (κ1) is 21.6. The summed E-state index contributed by atoms with van der Waals surface area (Å²) in [4.78, 5) is 9.93. The molecular weight excluding hydrogens is 355 g/mol. The van der Waals surface area contributed by atoms with Crippen molar-refractivity contribution in [1.82, 2.24) is 0 Å². The SMILES string of the molecule is CCCCCCCCCNc1ccc(C=Cc2ccc([N+](=O)[O-])c(F)c2)cc1. The molecule has 0 bridgehead atoms. The van der Waals surface area contributed by atoms with E-state index in [1.807, 2.05) is 30.3 Å². The highest BCUT2D eigenvalue weighted by atomic mass is 19.1. The number of rotatable bonds is 12. The van der Waals surface area contributed by atoms with Crippen molar-refractivity contribution >= 4 is 23.5 Å². The standard InChI is InChI=1S/C23H29FN2O2/c1-2-3-4-5-6-7-8-17-25-21-14-11-19(12-15-21)9-10-20-13-16-23(26(27)28)22(24)18-20/h9-16,18,25H,2-8,17H2,1H3. The van der Waals surface area contributed by atoms with Crippen LogP contribution in [0.4, 0.5) is 15.8 Å². The van der Waals surface area contributed by atoms with Crippen molar-refractivity contribution in [2.75, 3.05) is 11.9 Å². The minimum absolute atomic E-state index is 0.506. The molecule has 5 heteroatoms. The second kappa shape index (κ2) is 11.9. The van der Waals surface area contributed by atoms with Gasteiger partial charge in [-0.05, 0) is 41.8 Å². The van der Waals surface area contributed by atoms with Crippen LogP contribution in [0, 0.1) is 15.9 Å². The Morgan fingerprint density at radius 3 is 2.18 bits per heavy atom. The Morgan fingerprint density at radius 1 is 0.929 bits per heavy atom. The molecule has 0 amide bonds. The normalized spacial score (nSPS) is 11.1. The summed E-state index contributed by atoms with van der Waals surface area (Å²) >= 11 is 0. The van der Waals surface area contributed by atoms with Crippen LogP contribution in [0.2, 0.25) is 0 Å². The number of hydrogen-bond donors (Lipinski definition) is 1. The van der Waals surface area contributed by atoms with Crippen molar-refractivity contribution in [1.29, 1.82) is 0 Å². The largest absolute Gasteiger partial charge is 0.385 e. The average molecular weight is 384 g/mol. The van der Waals surface area contributed by atoms with Gasteiger partial charge in [-0.2, -0.15) is 4.39 Å². The van der Waals surface area contributed by atoms with Gasteiger partial charge in [0.1, 0.15) is 0 Å². The zero-order chi connectivity index (χ0) is 20.2. The first-order valence-corrected chi connectivity index (χ1v) is 10.1. The van der Waals surface area contributed by atoms with E-state index < -0.39 is 16.4 Å². The summed E-state index contributed by atoms with van der Waals surface area (Å²) in [7, 11) is 0. The van der Waals surface area contributed by atoms with Gasteiger partial charge in [0.05, 0.1) is 4.92 Å². The maximum absolute atomic E-state index is 13.6. The van der Waals surface area contributed by atoms with Crippen LogP contribution in [0.1, 0.15) is 63.0 Å². The van der Waals surface area contributed by atoms with E-state index in [1.54, 1.807) is 6.08 Å². The first-order valence-electron chi connectivity index (χ1n) is 10.1. The Balaban J connectivity index is 1.75. The van der Waals surface area contributed by atoms with Gasteiger partial charge >= 0.3 is 5.69 Å². The quantitative estimate of drug-likeness (QED) is 0.184. The second-order valence-corrected chi connectivity index (χ2v) is 6.97. The number of halogens is 1. The van der Waals surface area contributed by atoms with E-state index in [0.29, 0.717) is 5.56 Å². The number of anilines is 1. The van der Waals surface area contributed by atoms with Gasteiger partial charge in [0.25, 0.3) is 0 Å². The summed E-state index contributed by atoms with van der Waals surface area (Å²) in [6, 6.07) is 11.9. The molecule has 0 aliphatic rings. The summed E-state index contributed by atoms with van der Waals surface area (Å²) in [5.41, 5.74) is 2.16. The van der Waals surface area contributed by atoms with Crippen LogP contribution in [0.5, 0.6) is 0 Å². The van der Waals surface area contributed by atoms with Gasteiger partial charge in [-0.25, -0.2) is 0 Å². The molecule has 0 spiro atoms. The van der Waals surface area contributed by atoms with Gasteiger partial charge in [0.2, 0.25) is 5.82 Å². The summed E-state index contributed by atoms with van der Waals surface area (Å²) in [5.74, 6) is -0.822. The topological polar surface area (TPSA) is 55.2 Å². The van der Waals surface area contributed by atoms with Gasteiger partial charge in [0.15, 0.2) is 0 Å². The number of unbranched alkanes of at least 4 members (excludes halogenated alkanes) is 6. The van der Waals surface area contributed by atoms with E-state index in [9.17, 15) is 14.5 Å². The maximum atomic E-state index is 13.6. The Labute approximate surface area is 166 Å². The highest BCUT2D eigenvalue weighted by molar-refractivity contribution is 5.71. The fraction of sp³-hybridized carbons (Fsp3) is 0.391. The number of nitro groups is 1. The smallest absolute Gasteiger partial charge is 0.304 e. The summed E-state index contributed by atoms with van der Waals surface area (Å²) < 4.78 is 13.6. The fourth-order valence-electron chi connectivity index (χ4n) is 2.99. The number of hydrogen-bond acceptors (Lipinski definition) is 3. The molecule has 150 valence electrons. The zero-order valence-corrected chi connectivity index (χ0v) is 16.5. The van der Waals surface area contributed by atoms with E-state index >= 15 is 0 Å². The van der Waals surface area contributed by atoms with Gasteiger partial charge in [-0.3, -0.25) is 10.1 Å². The van der Waals surface area contributed by atoms with Crippen molar-refractivity contribution in [2.45, 2.75) is 51.9 Å². The van der Waals surface area contributed by atoms with Crippen molar-refractivity contribution in [2.24, 2.45) is 0 Å². The molecule has 0 unspecified atom stereocenters. The molecule has 4 nitrogen and oxygen atoms in total. The van der Waals surface area contributed by atoms with E-state index in [0.717, 1.165) is 17.8 Å². The molecule has 0 radical (unpaired) electrons. The Morgan fingerprint density at radius 2 is 1.54 bits per heavy atom. The molecule has 0 heterocycles. The number of nitrogens with zero attached hydrogens (tertiary/aromatic N) is 1. The van der Waals surface area contributed by atoms with Gasteiger partial charge < -0.3 is 5.32 Å². The predicted molar refractivity (Wildman–Crippen MR) is 115 cm³/mol. The van der Waals surface area contributed by atoms with Crippen LogP contribution in [0.3, 0.4) is 0 Å². The Bertz CT molecular complexity index is 773. The van der Waals surface area contributed by atoms with Crippen LogP contribution in [-0.2, 0) is 0 Å². The lowest BCUT2D eigenvalue weighted by atomic mass is 10.1. The van der Waals surface area contributed by atoms with Crippen molar-refractivity contribution in [3.05, 3.63) is 69.5 Å². The number of nitro benzene ring substituents is 1. The number of nitrogens with one attached hydrogen (secondary N) is 1. The molecule has 1 N–H and O–H groups in total. The lowest BCUT2D eigenvalue weighted by Gasteiger charge is -2.07. The fourth-order valence-corrected chi connectivity index (χ4v) is 2.99. The third kappa shape index (κ3) is 7.51. The van der Waals surface area contributed by atoms with E-state index in [2.05, 4.69) is 12.2 Å². The minimum Gasteiger partial charge on any atom is -0.385 e. The molecule has 2 aromatic rings. The maximum Gasteiger partial charge on any atom is 0.304 e. The molecule has 0 atom stereocenters. The van der Waals surface area contributed by atoms with Crippen LogP contribution >= 0.6 is 0 Å². The molecule has 0 aromatic heterocycles. The molecule has 2 aromatic carbocycles. The molecule has 28 heavy (non-hydrogen) atoms. The van der Waals surface area contributed by atoms with Crippen LogP contribution in [0.15, 0.2) is 42.5 Å². The molecule has 2 rings (SSSR count). The molecule has 0 fully saturated rings. The number of benzene rings is 2. The lowest BCUT2D eigenvalue weighted by molar-refractivity contribution is -0.387. The van der Waals surface area contributed by atoms with Crippen molar-refractivity contribution in [3.8, 4) is 0 Å². The van der Waals surface area contributed by atoms with Gasteiger partial charge in [-0.15, -0.1) is 0 Å². The third-order valence-corrected chi connectivity index (χ3v) is 4.66. The molecule has 0 aliphatic carbocycles. The predicted octanol–water partition coefficient (Wildman–Crippen LogP) is 7.07. The van der Waals surface area contributed by atoms with Gasteiger partial charge in [-0.1, -0.05) is 69.7 Å². The Kier molecular flexibility index (Phi) is 9.19. The highest BCUT2D eigenvalue weighted by Crippen LogP contribution is 2.20. The molecule has 0 aliphatic heterocycles. The lowest BCUT2D eigenvalue weighted by Crippen LogP contribution is -2.01. The van der Waals surface area contributed by atoms with Crippen molar-refractivity contribution in [3.63, 3.8) is 0 Å². The summed E-state index contributed by atoms with van der Waals surface area (Å²) in [6.45, 7) is 3.21. The van der Waals surface area contributed by atoms with Crippen LogP contribution in [-0.4, -0.2) is 11.5 Å². The van der Waals surface area contributed by atoms with E-state index in [1.165, 1.54) is 63.1 Å². The van der Waals surface area contributed by atoms with Crippen LogP contribution in [0.25, 0.3) is 12.2 Å². The average Bonchev–Trinajstić information content (AvgIpc) is 2.69. The third-order valence-electron chi connectivity index (χ3n) is 4.66. The summed E-state index contributed by atoms with van der Waals surface area (Å²) in [6.07, 6.45) is 12.7. The second-order valence-electron chi connectivity index (χ2n) is 6.97. The van der Waals surface area contributed by atoms with E-state index in [-0.39, 0.29) is 0 Å². The molecule has 0 saturated carbocycles. The monoisotopic (exact) mass is 384 g/mol. The minimum atomic E-state index is -0.822. The molecular formula is C23H29FN2O2. The van der Waals surface area contributed by atoms with Crippen molar-refractivity contribution < 1.29 is 9.31 Å². The molecule has 0 saturated heterocycles. The summed E-state index contributed by atoms with van der Waals surface area (Å²) in [5, 5.41) is 14.1. The first-order chi connectivity index (χ1) is 13.6.